The topological polar surface area (TPSA) is 20.2 Å². The van der Waals surface area contributed by atoms with Crippen LogP contribution in [0, 0.1) is 0 Å². The van der Waals surface area contributed by atoms with Crippen LogP contribution in [0.3, 0.4) is 0 Å². The van der Waals surface area contributed by atoms with Gasteiger partial charge in [0.1, 0.15) is 5.76 Å². The molecule has 0 saturated carbocycles. The van der Waals surface area contributed by atoms with Crippen LogP contribution in [0.15, 0.2) is 94.7 Å². The Balaban J connectivity index is 0.000000412. The van der Waals surface area contributed by atoms with Crippen molar-refractivity contribution in [1.29, 1.82) is 0 Å². The molecule has 0 bridgehead atoms. The number of benzene rings is 1. The SMILES string of the molecule is CC(SCc1ccc(Br)cc1)C(O)=C1C=CC=C1.[Fe].c1cc[cH-]c1. The normalized spacial score (nSPS) is 13.0. The van der Waals surface area contributed by atoms with Gasteiger partial charge in [0.15, 0.2) is 0 Å². The van der Waals surface area contributed by atoms with E-state index in [-0.39, 0.29) is 22.3 Å². The molecule has 4 heteroatoms. The van der Waals surface area contributed by atoms with E-state index < -0.39 is 0 Å². The number of thioether (sulfide) groups is 1. The number of hydrogen-bond acceptors (Lipinski definition) is 2. The molecular weight excluding hydrogens is 424 g/mol. The van der Waals surface area contributed by atoms with E-state index in [0.717, 1.165) is 15.8 Å². The minimum Gasteiger partial charge on any atom is -0.511 e. The van der Waals surface area contributed by atoms with Crippen molar-refractivity contribution in [2.45, 2.75) is 17.9 Å². The van der Waals surface area contributed by atoms with Crippen molar-refractivity contribution in [2.75, 3.05) is 0 Å². The molecule has 0 heterocycles. The van der Waals surface area contributed by atoms with E-state index in [1.165, 1.54) is 5.56 Å². The van der Waals surface area contributed by atoms with E-state index in [9.17, 15) is 5.11 Å². The Morgan fingerprint density at radius 3 is 2.21 bits per heavy atom. The smallest absolute Gasteiger partial charge is 0.112 e. The van der Waals surface area contributed by atoms with Gasteiger partial charge < -0.3 is 5.11 Å². The van der Waals surface area contributed by atoms with Crippen LogP contribution in [0.1, 0.15) is 12.5 Å². The monoisotopic (exact) mass is 443 g/mol. The number of allylic oxidation sites excluding steroid dienone is 5. The summed E-state index contributed by atoms with van der Waals surface area (Å²) >= 11 is 5.16. The first kappa shape index (κ1) is 21.0. The van der Waals surface area contributed by atoms with Crippen LogP contribution >= 0.6 is 27.7 Å². The molecule has 0 amide bonds. The van der Waals surface area contributed by atoms with Crippen molar-refractivity contribution in [3.05, 3.63) is 100 Å². The van der Waals surface area contributed by atoms with Crippen LogP contribution in [-0.4, -0.2) is 10.4 Å². The van der Waals surface area contributed by atoms with E-state index >= 15 is 0 Å². The molecule has 24 heavy (non-hydrogen) atoms. The second-order valence-electron chi connectivity index (χ2n) is 5.10. The molecule has 2 aromatic carbocycles. The zero-order valence-corrected chi connectivity index (χ0v) is 16.9. The molecule has 1 unspecified atom stereocenters. The van der Waals surface area contributed by atoms with Gasteiger partial charge in [0.2, 0.25) is 0 Å². The zero-order valence-electron chi connectivity index (χ0n) is 13.4. The molecule has 128 valence electrons. The van der Waals surface area contributed by atoms with Crippen LogP contribution in [-0.2, 0) is 22.8 Å². The van der Waals surface area contributed by atoms with Crippen LogP contribution in [0.4, 0.5) is 0 Å². The minimum absolute atomic E-state index is 0. The number of halogens is 1. The van der Waals surface area contributed by atoms with Crippen molar-refractivity contribution in [2.24, 2.45) is 0 Å². The predicted octanol–water partition coefficient (Wildman–Crippen LogP) is 6.41. The number of rotatable bonds is 4. The average Bonchev–Trinajstić information content (AvgIpc) is 3.28. The summed E-state index contributed by atoms with van der Waals surface area (Å²) < 4.78 is 1.09. The van der Waals surface area contributed by atoms with Crippen molar-refractivity contribution in [1.82, 2.24) is 0 Å². The molecule has 2 aromatic rings. The maximum absolute atomic E-state index is 10.1. The molecule has 1 aliphatic carbocycles. The Bertz CT molecular complexity index is 641. The standard InChI is InChI=1S/C15H15BrOS.C5H5.Fe/c1-11(15(17)13-4-2-3-5-13)18-10-12-6-8-14(16)9-7-12;1-2-4-5-3-1;/h2-9,11,17H,10H2,1H3;1-5H;/q;-1;. The zero-order chi connectivity index (χ0) is 16.5. The van der Waals surface area contributed by atoms with E-state index in [2.05, 4.69) is 28.1 Å². The van der Waals surface area contributed by atoms with Gasteiger partial charge in [-0.3, -0.25) is 0 Å². The third kappa shape index (κ3) is 7.23. The molecule has 0 saturated heterocycles. The van der Waals surface area contributed by atoms with Gasteiger partial charge >= 0.3 is 0 Å². The maximum Gasteiger partial charge on any atom is 0.112 e. The number of hydrogen-bond donors (Lipinski definition) is 1. The first-order valence-corrected chi connectivity index (χ1v) is 9.31. The predicted molar refractivity (Wildman–Crippen MR) is 105 cm³/mol. The number of aliphatic hydroxyl groups is 1. The van der Waals surface area contributed by atoms with E-state index in [1.807, 2.05) is 73.7 Å². The summed E-state index contributed by atoms with van der Waals surface area (Å²) in [4.78, 5) is 0. The molecule has 0 aromatic heterocycles. The molecule has 0 aliphatic heterocycles. The molecule has 1 N–H and O–H groups in total. The van der Waals surface area contributed by atoms with Gasteiger partial charge in [0.25, 0.3) is 0 Å². The van der Waals surface area contributed by atoms with Gasteiger partial charge in [-0.15, -0.1) is 11.8 Å². The third-order valence-corrected chi connectivity index (χ3v) is 5.06. The maximum atomic E-state index is 10.1. The summed E-state index contributed by atoms with van der Waals surface area (Å²) in [5.41, 5.74) is 2.19. The van der Waals surface area contributed by atoms with E-state index in [1.54, 1.807) is 11.8 Å². The van der Waals surface area contributed by atoms with Crippen LogP contribution in [0.5, 0.6) is 0 Å². The summed E-state index contributed by atoms with van der Waals surface area (Å²) in [5, 5.41) is 10.2. The van der Waals surface area contributed by atoms with Gasteiger partial charge in [-0.05, 0) is 24.6 Å². The fourth-order valence-corrected chi connectivity index (χ4v) is 3.17. The summed E-state index contributed by atoms with van der Waals surface area (Å²) in [6, 6.07) is 18.3. The summed E-state index contributed by atoms with van der Waals surface area (Å²) in [5.74, 6) is 1.36. The molecule has 0 spiro atoms. The second kappa shape index (κ2) is 11.5. The molecule has 3 rings (SSSR count). The molecule has 1 atom stereocenters. The van der Waals surface area contributed by atoms with E-state index in [4.69, 9.17) is 0 Å². The van der Waals surface area contributed by atoms with Crippen molar-refractivity contribution in [3.8, 4) is 0 Å². The third-order valence-electron chi connectivity index (χ3n) is 3.31. The van der Waals surface area contributed by atoms with Crippen molar-refractivity contribution < 1.29 is 22.2 Å². The largest absolute Gasteiger partial charge is 0.511 e. The summed E-state index contributed by atoms with van der Waals surface area (Å²) in [7, 11) is 0. The Kier molecular flexibility index (Phi) is 10.0. The molecule has 0 fully saturated rings. The van der Waals surface area contributed by atoms with Crippen LogP contribution in [0.2, 0.25) is 0 Å². The van der Waals surface area contributed by atoms with Gasteiger partial charge in [-0.2, -0.15) is 18.2 Å². The first-order valence-electron chi connectivity index (χ1n) is 7.47. The van der Waals surface area contributed by atoms with E-state index in [0.29, 0.717) is 5.76 Å². The fraction of sp³-hybridized carbons (Fsp3) is 0.150. The average molecular weight is 444 g/mol. The van der Waals surface area contributed by atoms with Crippen molar-refractivity contribution in [3.63, 3.8) is 0 Å². The Morgan fingerprint density at radius 1 is 1.12 bits per heavy atom. The van der Waals surface area contributed by atoms with Gasteiger partial charge in [0.05, 0.1) is 5.25 Å². The first-order chi connectivity index (χ1) is 11.2. The summed E-state index contributed by atoms with van der Waals surface area (Å²) in [6.45, 7) is 2.03. The molecule has 0 radical (unpaired) electrons. The Labute approximate surface area is 167 Å². The molecule has 1 nitrogen and oxygen atoms in total. The Morgan fingerprint density at radius 2 is 1.71 bits per heavy atom. The van der Waals surface area contributed by atoms with Crippen LogP contribution in [0.25, 0.3) is 0 Å². The van der Waals surface area contributed by atoms with Gasteiger partial charge in [-0.1, -0.05) is 52.4 Å². The van der Waals surface area contributed by atoms with Crippen LogP contribution < -0.4 is 0 Å². The van der Waals surface area contributed by atoms with Gasteiger partial charge in [-0.25, -0.2) is 12.1 Å². The number of aliphatic hydroxyl groups excluding tert-OH is 1. The molecular formula is C20H20BrFeOS-. The molecule has 1 aliphatic rings. The van der Waals surface area contributed by atoms with Crippen molar-refractivity contribution >= 4 is 27.7 Å². The van der Waals surface area contributed by atoms with Gasteiger partial charge in [0, 0.05) is 32.9 Å². The second-order valence-corrected chi connectivity index (χ2v) is 7.35. The Hall–Kier alpha value is -1.06. The summed E-state index contributed by atoms with van der Waals surface area (Å²) in [6.07, 6.45) is 7.76. The minimum atomic E-state index is 0. The fourth-order valence-electron chi connectivity index (χ4n) is 1.98. The quantitative estimate of drug-likeness (QED) is 0.334.